The van der Waals surface area contributed by atoms with Crippen molar-refractivity contribution in [3.8, 4) is 0 Å². The molecule has 2 saturated carbocycles. The summed E-state index contributed by atoms with van der Waals surface area (Å²) in [6, 6.07) is 1.80. The van der Waals surface area contributed by atoms with Gasteiger partial charge in [-0.15, -0.1) is 0 Å². The van der Waals surface area contributed by atoms with Crippen LogP contribution in [0.1, 0.15) is 78.9 Å². The molecule has 222 valence electrons. The van der Waals surface area contributed by atoms with Crippen LogP contribution < -0.4 is 0 Å². The van der Waals surface area contributed by atoms with Gasteiger partial charge in [-0.3, -0.25) is 9.59 Å². The molecule has 2 bridgehead atoms. The zero-order valence-electron chi connectivity index (χ0n) is 24.8. The average molecular weight is 569 g/mol. The lowest BCUT2D eigenvalue weighted by Crippen LogP contribution is -2.69. The summed E-state index contributed by atoms with van der Waals surface area (Å²) in [6.45, 7) is 11.0. The average Bonchev–Trinajstić information content (AvgIpc) is 3.46. The van der Waals surface area contributed by atoms with Crippen molar-refractivity contribution in [2.45, 2.75) is 85.5 Å². The Balaban J connectivity index is 1.71. The molecule has 1 saturated heterocycles. The van der Waals surface area contributed by atoms with Crippen molar-refractivity contribution in [2.24, 2.45) is 34.0 Å². The Kier molecular flexibility index (Phi) is 7.12. The fourth-order valence-corrected chi connectivity index (χ4v) is 8.72. The molecular weight excluding hydrogens is 528 g/mol. The summed E-state index contributed by atoms with van der Waals surface area (Å²) >= 11 is 0. The molecule has 3 aliphatic carbocycles. The number of carbonyl (C=O) groups is 4. The lowest BCUT2D eigenvalue weighted by atomic mass is 9.40. The van der Waals surface area contributed by atoms with Gasteiger partial charge in [-0.05, 0) is 50.7 Å². The van der Waals surface area contributed by atoms with Gasteiger partial charge in [0, 0.05) is 33.3 Å². The van der Waals surface area contributed by atoms with Gasteiger partial charge in [0.1, 0.15) is 18.0 Å². The largest absolute Gasteiger partial charge is 0.472 e. The van der Waals surface area contributed by atoms with E-state index in [1.165, 1.54) is 7.11 Å². The van der Waals surface area contributed by atoms with Gasteiger partial charge in [-0.2, -0.15) is 0 Å². The monoisotopic (exact) mass is 568 g/mol. The van der Waals surface area contributed by atoms with Crippen LogP contribution in [0.4, 0.5) is 0 Å². The highest BCUT2D eigenvalue weighted by atomic mass is 16.6. The number of hydrogen-bond acceptors (Lipinski definition) is 9. The van der Waals surface area contributed by atoms with Gasteiger partial charge < -0.3 is 23.7 Å². The number of Topliss-reactive ketones (excluding diaryl/α,β-unsaturated/α-hetero) is 1. The number of allylic oxidation sites excluding steroid dienone is 2. The zero-order chi connectivity index (χ0) is 30.1. The molecule has 0 unspecified atom stereocenters. The predicted molar refractivity (Wildman–Crippen MR) is 146 cm³/mol. The van der Waals surface area contributed by atoms with Gasteiger partial charge in [-0.1, -0.05) is 39.3 Å². The van der Waals surface area contributed by atoms with E-state index >= 15 is 0 Å². The first-order valence-corrected chi connectivity index (χ1v) is 14.3. The second-order valence-electron chi connectivity index (χ2n) is 13.1. The summed E-state index contributed by atoms with van der Waals surface area (Å²) in [5, 5.41) is 11.5. The molecule has 8 atom stereocenters. The summed E-state index contributed by atoms with van der Waals surface area (Å²) in [5.74, 6) is -3.83. The highest BCUT2D eigenvalue weighted by Crippen LogP contribution is 2.68. The number of methoxy groups -OCH3 is 1. The molecule has 5 rings (SSSR count). The van der Waals surface area contributed by atoms with E-state index in [0.29, 0.717) is 24.8 Å². The van der Waals surface area contributed by atoms with Gasteiger partial charge in [0.2, 0.25) is 0 Å². The molecule has 0 radical (unpaired) electrons. The van der Waals surface area contributed by atoms with Crippen LogP contribution in [-0.4, -0.2) is 48.1 Å². The highest BCUT2D eigenvalue weighted by Gasteiger charge is 2.70. The van der Waals surface area contributed by atoms with Crippen LogP contribution in [0.2, 0.25) is 0 Å². The smallest absolute Gasteiger partial charge is 0.335 e. The third-order valence-electron chi connectivity index (χ3n) is 10.8. The van der Waals surface area contributed by atoms with E-state index in [-0.39, 0.29) is 24.1 Å². The quantitative estimate of drug-likeness (QED) is 0.234. The number of cyclic esters (lactones) is 1. The second kappa shape index (κ2) is 9.96. The number of furan rings is 1. The Morgan fingerprint density at radius 2 is 1.90 bits per heavy atom. The number of aliphatic hydroxyl groups is 1. The minimum Gasteiger partial charge on any atom is -0.472 e. The van der Waals surface area contributed by atoms with Crippen LogP contribution in [0.25, 0.3) is 0 Å². The molecule has 41 heavy (non-hydrogen) atoms. The van der Waals surface area contributed by atoms with E-state index < -0.39 is 58.3 Å². The molecule has 4 aliphatic rings. The normalized spacial score (nSPS) is 37.0. The van der Waals surface area contributed by atoms with Crippen LogP contribution in [0.15, 0.2) is 45.8 Å². The number of hydrogen-bond donors (Lipinski definition) is 1. The Hall–Kier alpha value is -3.20. The minimum absolute atomic E-state index is 0.0867. The fourth-order valence-electron chi connectivity index (χ4n) is 8.72. The lowest BCUT2D eigenvalue weighted by Gasteiger charge is -2.64. The standard InChI is InChI=1S/C32H40O9/c1-8-16(2)28(36)41-27-19-13-18-20(32(6,25(19)35)24(30(27,3)4)23(34)29(37)38-7)9-11-31(5)21(18)14-22(33)40-26(31)17-10-12-39-15-17/h8,10,12,15,19-20,23-24,26-27,34H,9,11,13-14H2,1-7H3/b16-8+/t19-,20+,23-,24+,26+,27-,31-,32-/m1/s1. The van der Waals surface area contributed by atoms with Crippen molar-refractivity contribution >= 4 is 23.7 Å². The molecule has 0 amide bonds. The fraction of sp³-hybridized carbons (Fsp3) is 0.625. The summed E-state index contributed by atoms with van der Waals surface area (Å²) in [7, 11) is 1.20. The number of carbonyl (C=O) groups excluding carboxylic acids is 4. The van der Waals surface area contributed by atoms with Crippen molar-refractivity contribution in [3.63, 3.8) is 0 Å². The van der Waals surface area contributed by atoms with Crippen LogP contribution in [-0.2, 0) is 33.4 Å². The second-order valence-corrected chi connectivity index (χ2v) is 13.1. The zero-order valence-corrected chi connectivity index (χ0v) is 24.8. The van der Waals surface area contributed by atoms with Crippen LogP contribution in [0, 0.1) is 34.0 Å². The summed E-state index contributed by atoms with van der Waals surface area (Å²) in [4.78, 5) is 53.5. The number of ketones is 1. The summed E-state index contributed by atoms with van der Waals surface area (Å²) in [5.41, 5.74) is 0.392. The molecule has 0 aromatic carbocycles. The van der Waals surface area contributed by atoms with Crippen LogP contribution >= 0.6 is 0 Å². The highest BCUT2D eigenvalue weighted by molar-refractivity contribution is 5.94. The maximum Gasteiger partial charge on any atom is 0.335 e. The summed E-state index contributed by atoms with van der Waals surface area (Å²) in [6.07, 6.45) is 3.34. The molecule has 1 N–H and O–H groups in total. The van der Waals surface area contributed by atoms with Crippen molar-refractivity contribution in [3.05, 3.63) is 47.0 Å². The maximum atomic E-state index is 14.5. The third-order valence-corrected chi connectivity index (χ3v) is 10.8. The molecule has 9 nitrogen and oxygen atoms in total. The van der Waals surface area contributed by atoms with Gasteiger partial charge in [0.05, 0.1) is 32.0 Å². The number of fused-ring (bicyclic) bond motifs is 5. The maximum absolute atomic E-state index is 14.5. The molecule has 1 aromatic heterocycles. The van der Waals surface area contributed by atoms with Crippen molar-refractivity contribution in [1.29, 1.82) is 0 Å². The minimum atomic E-state index is -1.62. The number of rotatable bonds is 5. The van der Waals surface area contributed by atoms with E-state index in [1.807, 2.05) is 20.8 Å². The van der Waals surface area contributed by atoms with Crippen molar-refractivity contribution in [1.82, 2.24) is 0 Å². The first kappa shape index (κ1) is 29.3. The van der Waals surface area contributed by atoms with Gasteiger partial charge >= 0.3 is 17.9 Å². The SMILES string of the molecule is C/C=C(\C)C(=O)O[C@@H]1[C@@H]2CC3=C4CC(=O)O[C@@H](c5ccoc5)[C@]4(C)CC[C@@H]3[C@@](C)(C2=O)[C@@H]([C@@H](O)C(=O)OC)C1(C)C. The Morgan fingerprint density at radius 3 is 2.51 bits per heavy atom. The van der Waals surface area contributed by atoms with E-state index in [4.69, 9.17) is 18.6 Å². The molecule has 1 aromatic rings. The Bertz CT molecular complexity index is 1330. The van der Waals surface area contributed by atoms with Crippen molar-refractivity contribution < 1.29 is 42.9 Å². The molecule has 1 aliphatic heterocycles. The van der Waals surface area contributed by atoms with E-state index in [2.05, 4.69) is 6.92 Å². The molecule has 9 heteroatoms. The van der Waals surface area contributed by atoms with Crippen molar-refractivity contribution in [2.75, 3.05) is 7.11 Å². The number of aliphatic hydroxyl groups excluding tert-OH is 1. The Labute approximate surface area is 240 Å². The van der Waals surface area contributed by atoms with Gasteiger partial charge in [0.25, 0.3) is 0 Å². The van der Waals surface area contributed by atoms with E-state index in [0.717, 1.165) is 16.7 Å². The lowest BCUT2D eigenvalue weighted by molar-refractivity contribution is -0.211. The molecular formula is C32H40O9. The van der Waals surface area contributed by atoms with E-state index in [1.54, 1.807) is 38.5 Å². The third kappa shape index (κ3) is 4.14. The van der Waals surface area contributed by atoms with Gasteiger partial charge in [-0.25, -0.2) is 9.59 Å². The first-order chi connectivity index (χ1) is 19.2. The summed E-state index contributed by atoms with van der Waals surface area (Å²) < 4.78 is 22.3. The Morgan fingerprint density at radius 1 is 1.20 bits per heavy atom. The van der Waals surface area contributed by atoms with Crippen LogP contribution in [0.3, 0.4) is 0 Å². The molecule has 3 fully saturated rings. The van der Waals surface area contributed by atoms with E-state index in [9.17, 15) is 24.3 Å². The predicted octanol–water partition coefficient (Wildman–Crippen LogP) is 4.64. The molecule has 2 heterocycles. The van der Waals surface area contributed by atoms with Gasteiger partial charge in [0.15, 0.2) is 6.10 Å². The topological polar surface area (TPSA) is 129 Å². The number of esters is 3. The van der Waals surface area contributed by atoms with Crippen LogP contribution in [0.5, 0.6) is 0 Å². The first-order valence-electron chi connectivity index (χ1n) is 14.3. The molecule has 0 spiro atoms. The number of ether oxygens (including phenoxy) is 3.